The molecule has 3 heterocycles. The number of rotatable bonds is 12. The molecular weight excluding hydrogens is 534 g/mol. The van der Waals surface area contributed by atoms with E-state index in [1.54, 1.807) is 30.5 Å². The third kappa shape index (κ3) is 8.28. The standard InChI is InChI=1S/C30H32F2N4O5/c1-3-15-40-36-28(38)18-27-23(33-13-4-5-19-16-21(31)6-7-22(19)32)8-10-26(41-27)25(37)17-20-12-14-34-24-9-11-29(39-2)35-30(20)24/h1,4-7,9,11-12,14,16,23,25-27,33,37H,8,10,13,15,17-18H2,2H3,(H,36,38)/b5-4+/t23-,25+,26+,27-/m1/s1. The van der Waals surface area contributed by atoms with Gasteiger partial charge in [-0.15, -0.1) is 6.42 Å². The SMILES string of the molecule is C#CCONC(=O)C[C@H]1O[C@H]([C@@H](O)Cc2ccnc3ccc(OC)nc23)CC[C@H]1NC/C=C/c1cc(F)ccc1F. The number of benzene rings is 1. The van der Waals surface area contributed by atoms with Gasteiger partial charge in [0.1, 0.15) is 18.2 Å². The minimum atomic E-state index is -0.881. The summed E-state index contributed by atoms with van der Waals surface area (Å²) in [6, 6.07) is 8.31. The highest BCUT2D eigenvalue weighted by atomic mass is 19.1. The van der Waals surface area contributed by atoms with Gasteiger partial charge in [-0.3, -0.25) is 14.6 Å². The lowest BCUT2D eigenvalue weighted by Crippen LogP contribution is -2.51. The highest BCUT2D eigenvalue weighted by Gasteiger charge is 2.35. The smallest absolute Gasteiger partial charge is 0.246 e. The van der Waals surface area contributed by atoms with Gasteiger partial charge in [0.25, 0.3) is 0 Å². The van der Waals surface area contributed by atoms with Gasteiger partial charge < -0.3 is 19.9 Å². The fraction of sp³-hybridized carbons (Fsp3) is 0.367. The Kier molecular flexibility index (Phi) is 10.7. The number of pyridine rings is 2. The van der Waals surface area contributed by atoms with Crippen LogP contribution in [-0.4, -0.2) is 65.6 Å². The highest BCUT2D eigenvalue weighted by molar-refractivity contribution is 5.78. The molecule has 216 valence electrons. The third-order valence-electron chi connectivity index (χ3n) is 6.75. The summed E-state index contributed by atoms with van der Waals surface area (Å²) >= 11 is 0. The molecule has 1 aromatic carbocycles. The van der Waals surface area contributed by atoms with Crippen LogP contribution in [0.15, 0.2) is 48.7 Å². The van der Waals surface area contributed by atoms with Crippen LogP contribution in [-0.2, 0) is 20.8 Å². The molecule has 1 aliphatic heterocycles. The van der Waals surface area contributed by atoms with E-state index < -0.39 is 35.9 Å². The Morgan fingerprint density at radius 3 is 2.95 bits per heavy atom. The zero-order chi connectivity index (χ0) is 29.2. The van der Waals surface area contributed by atoms with Gasteiger partial charge in [-0.05, 0) is 48.7 Å². The van der Waals surface area contributed by atoms with E-state index >= 15 is 0 Å². The minimum Gasteiger partial charge on any atom is -0.481 e. The number of hydrogen-bond donors (Lipinski definition) is 3. The molecule has 3 aromatic rings. The fourth-order valence-corrected chi connectivity index (χ4v) is 4.75. The van der Waals surface area contributed by atoms with Crippen LogP contribution in [0.1, 0.15) is 30.4 Å². The number of nitrogens with zero attached hydrogens (tertiary/aromatic N) is 2. The number of carbonyl (C=O) groups is 1. The van der Waals surface area contributed by atoms with Crippen LogP contribution in [0.2, 0.25) is 0 Å². The summed E-state index contributed by atoms with van der Waals surface area (Å²) in [6.07, 6.45) is 9.25. The van der Waals surface area contributed by atoms with Gasteiger partial charge in [-0.1, -0.05) is 18.1 Å². The van der Waals surface area contributed by atoms with Gasteiger partial charge in [-0.25, -0.2) is 19.2 Å². The Morgan fingerprint density at radius 2 is 2.15 bits per heavy atom. The molecule has 0 unspecified atom stereocenters. The number of aliphatic hydroxyl groups excluding tert-OH is 1. The van der Waals surface area contributed by atoms with Crippen molar-refractivity contribution in [3.63, 3.8) is 0 Å². The number of amides is 1. The van der Waals surface area contributed by atoms with E-state index in [0.29, 0.717) is 36.3 Å². The number of carbonyl (C=O) groups excluding carboxylic acids is 1. The summed E-state index contributed by atoms with van der Waals surface area (Å²) in [5.41, 5.74) is 4.52. The minimum absolute atomic E-state index is 0.0510. The molecule has 0 bridgehead atoms. The largest absolute Gasteiger partial charge is 0.481 e. The first kappa shape index (κ1) is 30.0. The molecule has 11 heteroatoms. The lowest BCUT2D eigenvalue weighted by molar-refractivity contribution is -0.146. The monoisotopic (exact) mass is 566 g/mol. The number of halogens is 2. The van der Waals surface area contributed by atoms with Gasteiger partial charge in [-0.2, -0.15) is 0 Å². The summed E-state index contributed by atoms with van der Waals surface area (Å²) in [6.45, 7) is 0.236. The van der Waals surface area contributed by atoms with Crippen LogP contribution in [0.4, 0.5) is 8.78 Å². The van der Waals surface area contributed by atoms with E-state index in [0.717, 1.165) is 23.8 Å². The van der Waals surface area contributed by atoms with Crippen LogP contribution < -0.4 is 15.5 Å². The number of aliphatic hydroxyl groups is 1. The molecule has 0 spiro atoms. The van der Waals surface area contributed by atoms with Crippen LogP contribution in [0.3, 0.4) is 0 Å². The predicted molar refractivity (Wildman–Crippen MR) is 148 cm³/mol. The van der Waals surface area contributed by atoms with Crippen molar-refractivity contribution in [3.8, 4) is 18.2 Å². The maximum absolute atomic E-state index is 13.9. The lowest BCUT2D eigenvalue weighted by Gasteiger charge is -2.38. The second-order valence-corrected chi connectivity index (χ2v) is 9.56. The fourth-order valence-electron chi connectivity index (χ4n) is 4.75. The molecule has 9 nitrogen and oxygen atoms in total. The number of ether oxygens (including phenoxy) is 2. The molecular formula is C30H32F2N4O5. The van der Waals surface area contributed by atoms with Crippen molar-refractivity contribution < 1.29 is 33.0 Å². The van der Waals surface area contributed by atoms with Crippen molar-refractivity contribution in [2.24, 2.45) is 0 Å². The van der Waals surface area contributed by atoms with Crippen molar-refractivity contribution >= 4 is 23.0 Å². The van der Waals surface area contributed by atoms with E-state index in [4.69, 9.17) is 20.7 Å². The molecule has 3 N–H and O–H groups in total. The predicted octanol–water partition coefficient (Wildman–Crippen LogP) is 3.11. The summed E-state index contributed by atoms with van der Waals surface area (Å²) in [5, 5.41) is 14.5. The zero-order valence-electron chi connectivity index (χ0n) is 22.6. The average molecular weight is 567 g/mol. The first-order chi connectivity index (χ1) is 19.9. The average Bonchev–Trinajstić information content (AvgIpc) is 2.97. The molecule has 4 rings (SSSR count). The molecule has 1 saturated heterocycles. The van der Waals surface area contributed by atoms with E-state index in [9.17, 15) is 18.7 Å². The van der Waals surface area contributed by atoms with Crippen LogP contribution in [0, 0.1) is 24.0 Å². The Hall–Kier alpha value is -3.95. The van der Waals surface area contributed by atoms with Crippen molar-refractivity contribution in [1.29, 1.82) is 0 Å². The molecule has 2 aromatic heterocycles. The molecule has 4 atom stereocenters. The number of methoxy groups -OCH3 is 1. The molecule has 0 aliphatic carbocycles. The van der Waals surface area contributed by atoms with Crippen molar-refractivity contribution in [2.75, 3.05) is 20.3 Å². The third-order valence-corrected chi connectivity index (χ3v) is 6.75. The zero-order valence-corrected chi connectivity index (χ0v) is 22.6. The first-order valence-corrected chi connectivity index (χ1v) is 13.2. The van der Waals surface area contributed by atoms with Crippen LogP contribution in [0.5, 0.6) is 5.88 Å². The Morgan fingerprint density at radius 1 is 1.29 bits per heavy atom. The Labute approximate surface area is 236 Å². The van der Waals surface area contributed by atoms with E-state index in [1.165, 1.54) is 13.2 Å². The topological polar surface area (TPSA) is 115 Å². The molecule has 1 amide bonds. The van der Waals surface area contributed by atoms with Gasteiger partial charge in [0.15, 0.2) is 0 Å². The van der Waals surface area contributed by atoms with Gasteiger partial charge >= 0.3 is 0 Å². The highest BCUT2D eigenvalue weighted by Crippen LogP contribution is 2.27. The molecule has 0 radical (unpaired) electrons. The number of terminal acetylenes is 1. The van der Waals surface area contributed by atoms with Crippen molar-refractivity contribution in [3.05, 3.63) is 71.4 Å². The molecule has 1 aliphatic rings. The van der Waals surface area contributed by atoms with Gasteiger partial charge in [0, 0.05) is 36.8 Å². The quantitative estimate of drug-likeness (QED) is 0.174. The van der Waals surface area contributed by atoms with Crippen LogP contribution >= 0.6 is 0 Å². The summed E-state index contributed by atoms with van der Waals surface area (Å²) in [4.78, 5) is 26.3. The molecule has 41 heavy (non-hydrogen) atoms. The Bertz CT molecular complexity index is 1410. The lowest BCUT2D eigenvalue weighted by atomic mass is 9.91. The Balaban J connectivity index is 1.42. The second kappa shape index (κ2) is 14.6. The summed E-state index contributed by atoms with van der Waals surface area (Å²) in [5.74, 6) is 1.22. The van der Waals surface area contributed by atoms with Gasteiger partial charge in [0.2, 0.25) is 11.8 Å². The molecule has 1 fully saturated rings. The van der Waals surface area contributed by atoms with E-state index in [-0.39, 0.29) is 31.1 Å². The number of hydrogen-bond acceptors (Lipinski definition) is 8. The second-order valence-electron chi connectivity index (χ2n) is 9.56. The first-order valence-electron chi connectivity index (χ1n) is 13.2. The normalized spacial score (nSPS) is 19.6. The summed E-state index contributed by atoms with van der Waals surface area (Å²) in [7, 11) is 1.53. The van der Waals surface area contributed by atoms with Gasteiger partial charge in [0.05, 0.1) is 42.9 Å². The maximum Gasteiger partial charge on any atom is 0.246 e. The maximum atomic E-state index is 13.9. The number of fused-ring (bicyclic) bond motifs is 1. The van der Waals surface area contributed by atoms with E-state index in [2.05, 4.69) is 26.7 Å². The number of aromatic nitrogens is 2. The molecule has 0 saturated carbocycles. The van der Waals surface area contributed by atoms with E-state index in [1.807, 2.05) is 0 Å². The van der Waals surface area contributed by atoms with Crippen LogP contribution in [0.25, 0.3) is 17.1 Å². The van der Waals surface area contributed by atoms with Crippen molar-refractivity contribution in [2.45, 2.75) is 50.0 Å². The summed E-state index contributed by atoms with van der Waals surface area (Å²) < 4.78 is 38.9. The number of nitrogens with one attached hydrogen (secondary N) is 2. The van der Waals surface area contributed by atoms with Crippen molar-refractivity contribution in [1.82, 2.24) is 20.8 Å². The number of hydroxylamine groups is 1.